The Kier molecular flexibility index (Phi) is 1.49. The van der Waals surface area contributed by atoms with Crippen molar-refractivity contribution < 1.29 is 0 Å². The summed E-state index contributed by atoms with van der Waals surface area (Å²) in [5.41, 5.74) is 0.930. The summed E-state index contributed by atoms with van der Waals surface area (Å²) in [6.07, 6.45) is 1.74. The molecule has 2 rings (SSSR count). The molecule has 0 unspecified atom stereocenters. The Bertz CT molecular complexity index is 396. The highest BCUT2D eigenvalue weighted by molar-refractivity contribution is 9.10. The second-order valence-corrected chi connectivity index (χ2v) is 3.12. The molecule has 1 aromatic heterocycles. The van der Waals surface area contributed by atoms with Crippen LogP contribution in [0.3, 0.4) is 0 Å². The van der Waals surface area contributed by atoms with E-state index in [-0.39, 0.29) is 0 Å². The van der Waals surface area contributed by atoms with Gasteiger partial charge in [-0.3, -0.25) is 0 Å². The van der Waals surface area contributed by atoms with Crippen LogP contribution in [0, 0.1) is 0 Å². The molecule has 2 nitrogen and oxygen atoms in total. The van der Waals surface area contributed by atoms with Crippen molar-refractivity contribution in [2.45, 2.75) is 0 Å². The molecule has 2 radical (unpaired) electrons. The largest absolute Gasteiger partial charge is 0.324 e. The van der Waals surface area contributed by atoms with Crippen molar-refractivity contribution in [3.8, 4) is 0 Å². The van der Waals surface area contributed by atoms with Crippen LogP contribution in [0.15, 0.2) is 28.9 Å². The first-order valence-electron chi connectivity index (χ1n) is 3.16. The minimum Gasteiger partial charge on any atom is -0.324 e. The van der Waals surface area contributed by atoms with Gasteiger partial charge in [-0.15, -0.1) is 0 Å². The van der Waals surface area contributed by atoms with Crippen molar-refractivity contribution in [3.63, 3.8) is 0 Å². The lowest BCUT2D eigenvalue weighted by atomic mass is 10.2. The van der Waals surface area contributed by atoms with E-state index >= 15 is 0 Å². The number of benzene rings is 1. The van der Waals surface area contributed by atoms with Gasteiger partial charge in [-0.05, 0) is 12.1 Å². The third-order valence-electron chi connectivity index (χ3n) is 1.59. The number of nitrogens with zero attached hydrogens (tertiary/aromatic N) is 2. The molecule has 0 aliphatic carbocycles. The molecule has 0 fully saturated rings. The van der Waals surface area contributed by atoms with Gasteiger partial charge in [-0.1, -0.05) is 22.0 Å². The summed E-state index contributed by atoms with van der Waals surface area (Å²) in [6, 6.07) is 5.81. The number of halogens is 1. The SMILES string of the molecule is [B]n1ncc2c(Br)cccc21. The lowest BCUT2D eigenvalue weighted by Gasteiger charge is -1.94. The fraction of sp³-hybridized carbons (Fsp3) is 0. The Morgan fingerprint density at radius 3 is 3.00 bits per heavy atom. The van der Waals surface area contributed by atoms with Gasteiger partial charge in [0.2, 0.25) is 0 Å². The quantitative estimate of drug-likeness (QED) is 0.601. The van der Waals surface area contributed by atoms with E-state index in [2.05, 4.69) is 21.0 Å². The molecule has 0 aliphatic rings. The zero-order valence-electron chi connectivity index (χ0n) is 5.66. The van der Waals surface area contributed by atoms with Crippen LogP contribution in [-0.4, -0.2) is 17.7 Å². The van der Waals surface area contributed by atoms with Gasteiger partial charge in [0.15, 0.2) is 0 Å². The molecule has 1 heterocycles. The van der Waals surface area contributed by atoms with Crippen LogP contribution in [0.4, 0.5) is 0 Å². The molecule has 0 saturated heterocycles. The summed E-state index contributed by atoms with van der Waals surface area (Å²) in [6.45, 7) is 0. The molecule has 52 valence electrons. The van der Waals surface area contributed by atoms with E-state index in [1.807, 2.05) is 18.2 Å². The van der Waals surface area contributed by atoms with Gasteiger partial charge in [-0.2, -0.15) is 5.10 Å². The molecule has 0 saturated carbocycles. The van der Waals surface area contributed by atoms with Crippen molar-refractivity contribution >= 4 is 34.8 Å². The van der Waals surface area contributed by atoms with Crippen molar-refractivity contribution in [2.75, 3.05) is 0 Å². The smallest absolute Gasteiger partial charge is 0.265 e. The van der Waals surface area contributed by atoms with E-state index in [0.717, 1.165) is 15.4 Å². The number of aromatic nitrogens is 2. The van der Waals surface area contributed by atoms with Crippen LogP contribution in [0.5, 0.6) is 0 Å². The summed E-state index contributed by atoms with van der Waals surface area (Å²) >= 11 is 3.40. The van der Waals surface area contributed by atoms with Gasteiger partial charge >= 0.3 is 0 Å². The van der Waals surface area contributed by atoms with E-state index in [1.54, 1.807) is 6.20 Å². The van der Waals surface area contributed by atoms with E-state index in [1.165, 1.54) is 4.59 Å². The van der Waals surface area contributed by atoms with Crippen LogP contribution in [0.1, 0.15) is 0 Å². The third-order valence-corrected chi connectivity index (χ3v) is 2.28. The summed E-state index contributed by atoms with van der Waals surface area (Å²) in [7, 11) is 5.53. The molecular weight excluding hydrogens is 203 g/mol. The van der Waals surface area contributed by atoms with E-state index in [0.29, 0.717) is 0 Å². The summed E-state index contributed by atoms with van der Waals surface area (Å²) in [5.74, 6) is 0. The minimum atomic E-state index is 0.930. The summed E-state index contributed by atoms with van der Waals surface area (Å²) in [5, 5.41) is 4.96. The molecular formula is C7H4BBrN2. The Morgan fingerprint density at radius 2 is 2.27 bits per heavy atom. The van der Waals surface area contributed by atoms with Gasteiger partial charge < -0.3 is 4.59 Å². The van der Waals surface area contributed by atoms with Crippen molar-refractivity contribution in [1.29, 1.82) is 0 Å². The monoisotopic (exact) mass is 206 g/mol. The highest BCUT2D eigenvalue weighted by Gasteiger charge is 2.00. The summed E-state index contributed by atoms with van der Waals surface area (Å²) in [4.78, 5) is 0. The fourth-order valence-electron chi connectivity index (χ4n) is 1.04. The highest BCUT2D eigenvalue weighted by atomic mass is 79.9. The third kappa shape index (κ3) is 0.978. The lowest BCUT2D eigenvalue weighted by molar-refractivity contribution is 1.02. The van der Waals surface area contributed by atoms with Crippen molar-refractivity contribution in [1.82, 2.24) is 9.69 Å². The zero-order valence-corrected chi connectivity index (χ0v) is 7.25. The van der Waals surface area contributed by atoms with Gasteiger partial charge in [0, 0.05) is 9.86 Å². The normalized spacial score (nSPS) is 10.6. The molecule has 0 spiro atoms. The van der Waals surface area contributed by atoms with Crippen LogP contribution in [-0.2, 0) is 0 Å². The maximum Gasteiger partial charge on any atom is 0.265 e. The van der Waals surface area contributed by atoms with E-state index in [9.17, 15) is 0 Å². The number of hydrogen-bond acceptors (Lipinski definition) is 1. The van der Waals surface area contributed by atoms with Crippen molar-refractivity contribution in [2.24, 2.45) is 0 Å². The average molecular weight is 207 g/mol. The maximum atomic E-state index is 5.53. The molecule has 2 aromatic rings. The van der Waals surface area contributed by atoms with Crippen LogP contribution in [0.25, 0.3) is 10.9 Å². The first-order valence-corrected chi connectivity index (χ1v) is 3.95. The van der Waals surface area contributed by atoms with Crippen LogP contribution >= 0.6 is 15.9 Å². The standard InChI is InChI=1S/C7H4BBrN2/c8-11-7-3-1-2-6(9)5(7)4-10-11/h1-4H. The van der Waals surface area contributed by atoms with Gasteiger partial charge in [0.1, 0.15) is 0 Å². The lowest BCUT2D eigenvalue weighted by Crippen LogP contribution is -1.91. The molecule has 0 N–H and O–H groups in total. The summed E-state index contributed by atoms with van der Waals surface area (Å²) < 4.78 is 2.38. The molecule has 0 bridgehead atoms. The van der Waals surface area contributed by atoms with Crippen LogP contribution in [0.2, 0.25) is 0 Å². The first kappa shape index (κ1) is 6.92. The Morgan fingerprint density at radius 1 is 1.45 bits per heavy atom. The number of hydrogen-bond donors (Lipinski definition) is 0. The molecule has 4 heteroatoms. The fourth-order valence-corrected chi connectivity index (χ4v) is 1.49. The molecule has 11 heavy (non-hydrogen) atoms. The average Bonchev–Trinajstić information content (AvgIpc) is 2.35. The Hall–Kier alpha value is -0.765. The predicted molar refractivity (Wildman–Crippen MR) is 48.6 cm³/mol. The Balaban J connectivity index is 2.94. The minimum absolute atomic E-state index is 0.930. The van der Waals surface area contributed by atoms with Gasteiger partial charge in [0.05, 0.1) is 11.7 Å². The van der Waals surface area contributed by atoms with E-state index in [4.69, 9.17) is 7.98 Å². The molecule has 0 atom stereocenters. The van der Waals surface area contributed by atoms with Gasteiger partial charge in [0.25, 0.3) is 7.98 Å². The molecule has 1 aromatic carbocycles. The zero-order chi connectivity index (χ0) is 7.84. The second-order valence-electron chi connectivity index (χ2n) is 2.26. The van der Waals surface area contributed by atoms with E-state index < -0.39 is 0 Å². The number of fused-ring (bicyclic) bond motifs is 1. The van der Waals surface area contributed by atoms with Crippen LogP contribution < -0.4 is 0 Å². The second kappa shape index (κ2) is 2.38. The molecule has 0 amide bonds. The number of rotatable bonds is 0. The molecule has 0 aliphatic heterocycles. The maximum absolute atomic E-state index is 5.53. The predicted octanol–water partition coefficient (Wildman–Crippen LogP) is 1.73. The first-order chi connectivity index (χ1) is 5.29. The Labute approximate surface area is 73.8 Å². The van der Waals surface area contributed by atoms with Crippen molar-refractivity contribution in [3.05, 3.63) is 28.9 Å². The van der Waals surface area contributed by atoms with Gasteiger partial charge in [-0.25, -0.2) is 0 Å². The highest BCUT2D eigenvalue weighted by Crippen LogP contribution is 2.21. The topological polar surface area (TPSA) is 17.8 Å².